The molecule has 170 valence electrons. The van der Waals surface area contributed by atoms with E-state index in [1.807, 2.05) is 0 Å². The molecule has 0 aromatic heterocycles. The fraction of sp³-hybridized carbons (Fsp3) is 0.364. The van der Waals surface area contributed by atoms with Crippen molar-refractivity contribution >= 4 is 60.7 Å². The molecular weight excluding hydrogens is 518 g/mol. The number of amides is 2. The zero-order valence-electron chi connectivity index (χ0n) is 17.5. The first-order valence-corrected chi connectivity index (χ1v) is 12.9. The minimum absolute atomic E-state index is 0.110. The Balaban J connectivity index is 1.47. The van der Waals surface area contributed by atoms with Crippen molar-refractivity contribution in [2.45, 2.75) is 31.1 Å². The molecule has 2 aliphatic rings. The van der Waals surface area contributed by atoms with Crippen LogP contribution in [-0.2, 0) is 26.0 Å². The van der Waals surface area contributed by atoms with Crippen LogP contribution < -0.4 is 10.2 Å². The average Bonchev–Trinajstić information content (AvgIpc) is 3.16. The van der Waals surface area contributed by atoms with Crippen LogP contribution in [0.4, 0.5) is 11.4 Å². The van der Waals surface area contributed by atoms with Gasteiger partial charge in [-0.05, 0) is 71.1 Å². The normalized spacial score (nSPS) is 17.3. The highest BCUT2D eigenvalue weighted by Gasteiger charge is 2.35. The number of hydrogen-bond donors (Lipinski definition) is 1. The maximum Gasteiger partial charge on any atom is 0.244 e. The molecule has 0 atom stereocenters. The first-order valence-electron chi connectivity index (χ1n) is 10.3. The van der Waals surface area contributed by atoms with Crippen molar-refractivity contribution in [3.8, 4) is 0 Å². The van der Waals surface area contributed by atoms with Crippen LogP contribution >= 0.6 is 27.5 Å². The number of carbonyl (C=O) groups excluding carboxylic acids is 2. The molecule has 2 aliphatic heterocycles. The van der Waals surface area contributed by atoms with Crippen LogP contribution in [0.1, 0.15) is 25.3 Å². The highest BCUT2D eigenvalue weighted by Crippen LogP contribution is 2.37. The number of anilines is 2. The summed E-state index contributed by atoms with van der Waals surface area (Å²) in [5.74, 6) is -0.529. The van der Waals surface area contributed by atoms with E-state index in [2.05, 4.69) is 21.2 Å². The number of hydrogen-bond acceptors (Lipinski definition) is 4. The third kappa shape index (κ3) is 4.57. The van der Waals surface area contributed by atoms with Gasteiger partial charge in [0, 0.05) is 53.3 Å². The van der Waals surface area contributed by atoms with E-state index < -0.39 is 10.0 Å². The van der Waals surface area contributed by atoms with Gasteiger partial charge in [-0.3, -0.25) is 9.59 Å². The molecule has 0 bridgehead atoms. The zero-order chi connectivity index (χ0) is 23.0. The summed E-state index contributed by atoms with van der Waals surface area (Å²) < 4.78 is 28.6. The van der Waals surface area contributed by atoms with Gasteiger partial charge in [0.1, 0.15) is 0 Å². The minimum atomic E-state index is -3.78. The lowest BCUT2D eigenvalue weighted by molar-refractivity contribution is -0.121. The lowest BCUT2D eigenvalue weighted by Crippen LogP contribution is -2.41. The van der Waals surface area contributed by atoms with Gasteiger partial charge >= 0.3 is 0 Å². The second kappa shape index (κ2) is 9.13. The highest BCUT2D eigenvalue weighted by atomic mass is 79.9. The van der Waals surface area contributed by atoms with E-state index in [9.17, 15) is 18.0 Å². The maximum absolute atomic E-state index is 13.4. The quantitative estimate of drug-likeness (QED) is 0.634. The van der Waals surface area contributed by atoms with Crippen LogP contribution in [0.2, 0.25) is 5.02 Å². The van der Waals surface area contributed by atoms with Crippen LogP contribution in [-0.4, -0.2) is 44.2 Å². The Hall–Kier alpha value is -1.94. The Bertz CT molecular complexity index is 1180. The number of fused-ring (bicyclic) bond motifs is 1. The molecule has 0 aliphatic carbocycles. The van der Waals surface area contributed by atoms with Crippen LogP contribution in [0.25, 0.3) is 0 Å². The summed E-state index contributed by atoms with van der Waals surface area (Å²) in [6, 6.07) is 10.3. The Morgan fingerprint density at radius 3 is 2.50 bits per heavy atom. The highest BCUT2D eigenvalue weighted by molar-refractivity contribution is 9.10. The van der Waals surface area contributed by atoms with Gasteiger partial charge in [0.2, 0.25) is 21.8 Å². The van der Waals surface area contributed by atoms with Gasteiger partial charge in [0.25, 0.3) is 0 Å². The summed E-state index contributed by atoms with van der Waals surface area (Å²) in [4.78, 5) is 26.3. The molecule has 0 radical (unpaired) electrons. The summed E-state index contributed by atoms with van der Waals surface area (Å²) >= 11 is 9.37. The van der Waals surface area contributed by atoms with Gasteiger partial charge in [-0.1, -0.05) is 17.7 Å². The number of piperidine rings is 1. The fourth-order valence-corrected chi connectivity index (χ4v) is 6.95. The largest absolute Gasteiger partial charge is 0.326 e. The second-order valence-electron chi connectivity index (χ2n) is 8.01. The van der Waals surface area contributed by atoms with E-state index >= 15 is 0 Å². The Morgan fingerprint density at radius 1 is 1.12 bits per heavy atom. The minimum Gasteiger partial charge on any atom is -0.326 e. The molecule has 2 aromatic carbocycles. The van der Waals surface area contributed by atoms with Crippen molar-refractivity contribution < 1.29 is 18.0 Å². The van der Waals surface area contributed by atoms with E-state index in [1.165, 1.54) is 11.2 Å². The smallest absolute Gasteiger partial charge is 0.244 e. The molecule has 4 rings (SSSR count). The SMILES string of the molecule is CC(=O)N1CCc2cc(Br)c(S(=O)(=O)N3CCC(C(=O)Nc4cccc(Cl)c4)CC3)cc21. The number of benzene rings is 2. The molecule has 1 fully saturated rings. The van der Waals surface area contributed by atoms with E-state index in [-0.39, 0.29) is 35.7 Å². The molecule has 2 heterocycles. The van der Waals surface area contributed by atoms with Crippen molar-refractivity contribution in [2.75, 3.05) is 29.9 Å². The van der Waals surface area contributed by atoms with Gasteiger partial charge in [-0.25, -0.2) is 8.42 Å². The first kappa shape index (κ1) is 23.2. The Morgan fingerprint density at radius 2 is 1.84 bits per heavy atom. The van der Waals surface area contributed by atoms with Crippen LogP contribution in [0.5, 0.6) is 0 Å². The summed E-state index contributed by atoms with van der Waals surface area (Å²) in [6.07, 6.45) is 1.54. The lowest BCUT2D eigenvalue weighted by Gasteiger charge is -2.31. The van der Waals surface area contributed by atoms with Crippen molar-refractivity contribution in [2.24, 2.45) is 5.92 Å². The van der Waals surface area contributed by atoms with Gasteiger partial charge in [-0.15, -0.1) is 0 Å². The topological polar surface area (TPSA) is 86.8 Å². The maximum atomic E-state index is 13.4. The number of nitrogens with one attached hydrogen (secondary N) is 1. The predicted octanol–water partition coefficient (Wildman–Crippen LogP) is 4.05. The lowest BCUT2D eigenvalue weighted by atomic mass is 9.97. The molecular formula is C22H23BrClN3O4S. The second-order valence-corrected chi connectivity index (χ2v) is 11.2. The van der Waals surface area contributed by atoms with E-state index in [0.29, 0.717) is 46.7 Å². The van der Waals surface area contributed by atoms with Crippen molar-refractivity contribution in [1.82, 2.24) is 4.31 Å². The third-order valence-electron chi connectivity index (χ3n) is 5.94. The molecule has 2 amide bonds. The van der Waals surface area contributed by atoms with Gasteiger partial charge in [-0.2, -0.15) is 4.31 Å². The third-order valence-corrected chi connectivity index (χ3v) is 9.04. The number of nitrogens with zero attached hydrogens (tertiary/aromatic N) is 2. The first-order chi connectivity index (χ1) is 15.2. The Kier molecular flexibility index (Phi) is 6.63. The fourth-order valence-electron chi connectivity index (χ4n) is 4.22. The van der Waals surface area contributed by atoms with Crippen molar-refractivity contribution in [3.63, 3.8) is 0 Å². The zero-order valence-corrected chi connectivity index (χ0v) is 20.6. The number of rotatable bonds is 4. The van der Waals surface area contributed by atoms with Gasteiger partial charge < -0.3 is 10.2 Å². The van der Waals surface area contributed by atoms with Crippen molar-refractivity contribution in [3.05, 3.63) is 51.5 Å². The molecule has 7 nitrogen and oxygen atoms in total. The average molecular weight is 541 g/mol. The molecule has 1 N–H and O–H groups in total. The van der Waals surface area contributed by atoms with Crippen LogP contribution in [0, 0.1) is 5.92 Å². The molecule has 32 heavy (non-hydrogen) atoms. The number of sulfonamides is 1. The molecule has 0 unspecified atom stereocenters. The molecule has 10 heteroatoms. The summed E-state index contributed by atoms with van der Waals surface area (Å²) in [7, 11) is -3.78. The molecule has 1 saturated heterocycles. The standard InChI is InChI=1S/C22H23BrClN3O4S/c1-14(28)27-10-7-16-11-19(23)21(13-20(16)27)32(30,31)26-8-5-15(6-9-26)22(29)25-18-4-2-3-17(24)12-18/h2-4,11-13,15H,5-10H2,1H3,(H,25,29). The molecule has 0 spiro atoms. The van der Waals surface area contributed by atoms with E-state index in [0.717, 1.165) is 5.56 Å². The van der Waals surface area contributed by atoms with E-state index in [1.54, 1.807) is 41.3 Å². The van der Waals surface area contributed by atoms with Crippen LogP contribution in [0.15, 0.2) is 45.8 Å². The van der Waals surface area contributed by atoms with E-state index in [4.69, 9.17) is 11.6 Å². The predicted molar refractivity (Wildman–Crippen MR) is 127 cm³/mol. The Labute approximate surface area is 200 Å². The monoisotopic (exact) mass is 539 g/mol. The summed E-state index contributed by atoms with van der Waals surface area (Å²) in [6.45, 7) is 2.52. The van der Waals surface area contributed by atoms with Gasteiger partial charge in [0.05, 0.1) is 4.90 Å². The summed E-state index contributed by atoms with van der Waals surface area (Å²) in [5, 5.41) is 3.39. The van der Waals surface area contributed by atoms with Crippen molar-refractivity contribution in [1.29, 1.82) is 0 Å². The molecule has 2 aromatic rings. The van der Waals surface area contributed by atoms with Gasteiger partial charge in [0.15, 0.2) is 0 Å². The van der Waals surface area contributed by atoms with Crippen LogP contribution in [0.3, 0.4) is 0 Å². The number of carbonyl (C=O) groups is 2. The summed E-state index contributed by atoms with van der Waals surface area (Å²) in [5.41, 5.74) is 2.21. The number of halogens is 2. The molecule has 0 saturated carbocycles.